The van der Waals surface area contributed by atoms with Crippen LogP contribution in [0.2, 0.25) is 0 Å². The van der Waals surface area contributed by atoms with E-state index in [1.807, 2.05) is 24.3 Å². The second kappa shape index (κ2) is 8.15. The molecular weight excluding hydrogens is 432 g/mol. The summed E-state index contributed by atoms with van der Waals surface area (Å²) >= 11 is 0. The molecule has 7 heteroatoms. The highest BCUT2D eigenvalue weighted by Crippen LogP contribution is 2.49. The number of fused-ring (bicyclic) bond motifs is 4. The van der Waals surface area contributed by atoms with Gasteiger partial charge in [0.1, 0.15) is 12.1 Å². The maximum absolute atomic E-state index is 13.2. The highest BCUT2D eigenvalue weighted by Gasteiger charge is 2.57. The third-order valence-corrected chi connectivity index (χ3v) is 7.88. The molecule has 2 aliphatic carbocycles. The summed E-state index contributed by atoms with van der Waals surface area (Å²) in [6, 6.07) is 16.2. The van der Waals surface area contributed by atoms with Crippen LogP contribution < -0.4 is 5.32 Å². The topological polar surface area (TPSA) is 95.9 Å². The van der Waals surface area contributed by atoms with E-state index in [-0.39, 0.29) is 30.9 Å². The normalized spacial score (nSPS) is 23.2. The van der Waals surface area contributed by atoms with Crippen molar-refractivity contribution in [3.05, 3.63) is 59.7 Å². The number of likely N-dealkylation sites (tertiary alicyclic amines) is 1. The Morgan fingerprint density at radius 1 is 1.09 bits per heavy atom. The average molecular weight is 463 g/mol. The van der Waals surface area contributed by atoms with Gasteiger partial charge in [-0.2, -0.15) is 0 Å². The van der Waals surface area contributed by atoms with Crippen LogP contribution in [-0.4, -0.2) is 53.2 Å². The fraction of sp³-hybridized carbons (Fsp3) is 0.444. The van der Waals surface area contributed by atoms with E-state index in [1.165, 1.54) is 0 Å². The molecule has 3 aliphatic rings. The maximum atomic E-state index is 13.2. The molecule has 1 heterocycles. The lowest BCUT2D eigenvalue weighted by Crippen LogP contribution is -2.56. The van der Waals surface area contributed by atoms with Crippen molar-refractivity contribution < 1.29 is 24.2 Å². The van der Waals surface area contributed by atoms with Crippen LogP contribution >= 0.6 is 0 Å². The van der Waals surface area contributed by atoms with E-state index >= 15 is 0 Å². The molecule has 7 nitrogen and oxygen atoms in total. The van der Waals surface area contributed by atoms with Crippen molar-refractivity contribution in [3.8, 4) is 11.1 Å². The van der Waals surface area contributed by atoms with Crippen LogP contribution in [-0.2, 0) is 14.3 Å². The van der Waals surface area contributed by atoms with Gasteiger partial charge in [0, 0.05) is 19.0 Å². The van der Waals surface area contributed by atoms with E-state index in [2.05, 4.69) is 29.6 Å². The summed E-state index contributed by atoms with van der Waals surface area (Å²) in [6.45, 7) is 4.05. The molecule has 0 bridgehead atoms. The van der Waals surface area contributed by atoms with E-state index in [1.54, 1.807) is 18.7 Å². The van der Waals surface area contributed by atoms with Crippen molar-refractivity contribution in [2.45, 2.75) is 44.6 Å². The Kier molecular flexibility index (Phi) is 5.38. The molecule has 0 unspecified atom stereocenters. The number of carbonyl (C=O) groups is 3. The molecule has 2 N–H and O–H groups in total. The number of carboxylic acid groups (broad SMARTS) is 1. The van der Waals surface area contributed by atoms with Gasteiger partial charge in [-0.25, -0.2) is 4.79 Å². The molecule has 1 saturated heterocycles. The lowest BCUT2D eigenvalue weighted by Gasteiger charge is -2.31. The van der Waals surface area contributed by atoms with Crippen molar-refractivity contribution in [2.75, 3.05) is 19.7 Å². The average Bonchev–Trinajstić information content (AvgIpc) is 3.47. The molecule has 0 spiro atoms. The predicted molar refractivity (Wildman–Crippen MR) is 126 cm³/mol. The number of rotatable bonds is 5. The lowest BCUT2D eigenvalue weighted by atomic mass is 9.81. The van der Waals surface area contributed by atoms with E-state index < -0.39 is 23.0 Å². The number of nitrogens with zero attached hydrogens (tertiary/aromatic N) is 1. The summed E-state index contributed by atoms with van der Waals surface area (Å²) in [5, 5.41) is 12.5. The Hall–Kier alpha value is -3.35. The van der Waals surface area contributed by atoms with Crippen LogP contribution in [0, 0.1) is 11.3 Å². The molecule has 2 aromatic rings. The van der Waals surface area contributed by atoms with Gasteiger partial charge in [-0.05, 0) is 54.9 Å². The Morgan fingerprint density at radius 3 is 2.29 bits per heavy atom. The second-order valence-corrected chi connectivity index (χ2v) is 10.3. The first kappa shape index (κ1) is 22.4. The first-order valence-electron chi connectivity index (χ1n) is 11.9. The Balaban J connectivity index is 1.24. The number of carboxylic acids is 1. The van der Waals surface area contributed by atoms with Crippen LogP contribution in [0.1, 0.15) is 50.2 Å². The molecule has 2 atom stereocenters. The van der Waals surface area contributed by atoms with Crippen LogP contribution in [0.4, 0.5) is 4.79 Å². The minimum absolute atomic E-state index is 0.0285. The van der Waals surface area contributed by atoms with Gasteiger partial charge >= 0.3 is 12.1 Å². The van der Waals surface area contributed by atoms with Gasteiger partial charge in [-0.3, -0.25) is 9.59 Å². The van der Waals surface area contributed by atoms with E-state index in [0.717, 1.165) is 35.1 Å². The zero-order valence-corrected chi connectivity index (χ0v) is 19.5. The number of amides is 2. The summed E-state index contributed by atoms with van der Waals surface area (Å²) in [4.78, 5) is 39.5. The SMILES string of the molecule is CC(C)(NC(=O)OCC1c2ccccc2-c2ccccc21)C(=O)N1C[C@H]2CCC[C@@]2(C(=O)O)C1. The van der Waals surface area contributed by atoms with E-state index in [9.17, 15) is 19.5 Å². The second-order valence-electron chi connectivity index (χ2n) is 10.3. The molecule has 2 fully saturated rings. The van der Waals surface area contributed by atoms with Crippen LogP contribution in [0.5, 0.6) is 0 Å². The molecule has 1 aliphatic heterocycles. The van der Waals surface area contributed by atoms with E-state index in [4.69, 9.17) is 4.74 Å². The van der Waals surface area contributed by atoms with Gasteiger partial charge in [0.25, 0.3) is 0 Å². The van der Waals surface area contributed by atoms with Crippen molar-refractivity contribution in [3.63, 3.8) is 0 Å². The standard InChI is InChI=1S/C27H30N2O5/c1-26(2,23(30)29-14-17-8-7-13-27(17,16-29)24(31)32)28-25(33)34-15-22-20-11-5-3-9-18(20)19-10-4-6-12-21(19)22/h3-6,9-12,17,22H,7-8,13-16H2,1-2H3,(H,28,33)(H,31,32)/t17-,27-/m1/s1. The molecule has 1 saturated carbocycles. The van der Waals surface area contributed by atoms with Gasteiger partial charge < -0.3 is 20.1 Å². The van der Waals surface area contributed by atoms with Crippen LogP contribution in [0.25, 0.3) is 11.1 Å². The molecule has 0 aromatic heterocycles. The number of hydrogen-bond acceptors (Lipinski definition) is 4. The lowest BCUT2D eigenvalue weighted by molar-refractivity contribution is -0.150. The predicted octanol–water partition coefficient (Wildman–Crippen LogP) is 4.02. The zero-order chi connectivity index (χ0) is 24.1. The molecule has 34 heavy (non-hydrogen) atoms. The maximum Gasteiger partial charge on any atom is 0.408 e. The van der Waals surface area contributed by atoms with Gasteiger partial charge in [-0.15, -0.1) is 0 Å². The van der Waals surface area contributed by atoms with Crippen molar-refractivity contribution in [1.82, 2.24) is 10.2 Å². The number of aliphatic carboxylic acids is 1. The summed E-state index contributed by atoms with van der Waals surface area (Å²) in [6.07, 6.45) is 1.63. The Bertz CT molecular complexity index is 1110. The first-order valence-corrected chi connectivity index (χ1v) is 11.9. The fourth-order valence-electron chi connectivity index (χ4n) is 6.13. The number of hydrogen-bond donors (Lipinski definition) is 2. The summed E-state index contributed by atoms with van der Waals surface area (Å²) in [7, 11) is 0. The smallest absolute Gasteiger partial charge is 0.408 e. The Labute approximate surface area is 199 Å². The monoisotopic (exact) mass is 462 g/mol. The van der Waals surface area contributed by atoms with Gasteiger partial charge in [0.05, 0.1) is 5.41 Å². The van der Waals surface area contributed by atoms with Gasteiger partial charge in [-0.1, -0.05) is 55.0 Å². The van der Waals surface area contributed by atoms with E-state index in [0.29, 0.717) is 13.0 Å². The molecular formula is C27H30N2O5. The van der Waals surface area contributed by atoms with Gasteiger partial charge in [0.2, 0.25) is 5.91 Å². The molecule has 2 aromatic carbocycles. The number of alkyl carbamates (subject to hydrolysis) is 1. The first-order chi connectivity index (χ1) is 16.2. The zero-order valence-electron chi connectivity index (χ0n) is 19.5. The summed E-state index contributed by atoms with van der Waals surface area (Å²) in [5.74, 6) is -1.20. The Morgan fingerprint density at radius 2 is 1.71 bits per heavy atom. The number of ether oxygens (including phenoxy) is 1. The molecule has 2 amide bonds. The number of carbonyl (C=O) groups excluding carboxylic acids is 2. The largest absolute Gasteiger partial charge is 0.481 e. The van der Waals surface area contributed by atoms with Crippen molar-refractivity contribution in [2.24, 2.45) is 11.3 Å². The molecule has 5 rings (SSSR count). The third-order valence-electron chi connectivity index (χ3n) is 7.88. The number of nitrogens with one attached hydrogen (secondary N) is 1. The van der Waals surface area contributed by atoms with Crippen molar-refractivity contribution >= 4 is 18.0 Å². The highest BCUT2D eigenvalue weighted by atomic mass is 16.5. The number of benzene rings is 2. The fourth-order valence-corrected chi connectivity index (χ4v) is 6.13. The van der Waals surface area contributed by atoms with Crippen molar-refractivity contribution in [1.29, 1.82) is 0 Å². The summed E-state index contributed by atoms with van der Waals surface area (Å²) in [5.41, 5.74) is 2.48. The van der Waals surface area contributed by atoms with Crippen LogP contribution in [0.3, 0.4) is 0 Å². The highest BCUT2D eigenvalue weighted by molar-refractivity contribution is 5.90. The quantitative estimate of drug-likeness (QED) is 0.700. The molecule has 178 valence electrons. The van der Waals surface area contributed by atoms with Gasteiger partial charge in [0.15, 0.2) is 0 Å². The summed E-state index contributed by atoms with van der Waals surface area (Å²) < 4.78 is 5.61. The van der Waals surface area contributed by atoms with Crippen LogP contribution in [0.15, 0.2) is 48.5 Å². The minimum atomic E-state index is -1.21. The molecule has 0 radical (unpaired) electrons. The minimum Gasteiger partial charge on any atom is -0.481 e. The third kappa shape index (κ3) is 3.54.